The number of imidazole rings is 1. The maximum absolute atomic E-state index is 12.2. The average molecular weight is 364 g/mol. The summed E-state index contributed by atoms with van der Waals surface area (Å²) in [6, 6.07) is 12.5. The maximum Gasteiger partial charge on any atom is 0.328 e. The number of aromatic nitrogens is 2. The third kappa shape index (κ3) is 3.98. The lowest BCUT2D eigenvalue weighted by Crippen LogP contribution is -2.19. The summed E-state index contributed by atoms with van der Waals surface area (Å²) >= 11 is 0. The highest BCUT2D eigenvalue weighted by Gasteiger charge is 2.08. The molecule has 0 spiro atoms. The van der Waals surface area contributed by atoms with Crippen molar-refractivity contribution < 1.29 is 9.59 Å². The molecule has 2 aromatic carbocycles. The fourth-order valence-corrected chi connectivity index (χ4v) is 2.82. The van der Waals surface area contributed by atoms with E-state index in [1.165, 1.54) is 17.6 Å². The van der Waals surface area contributed by atoms with Gasteiger partial charge in [-0.2, -0.15) is 0 Å². The third-order valence-electron chi connectivity index (χ3n) is 4.20. The van der Waals surface area contributed by atoms with Crippen molar-refractivity contribution in [2.75, 3.05) is 10.6 Å². The maximum atomic E-state index is 12.2. The fourth-order valence-electron chi connectivity index (χ4n) is 2.82. The van der Waals surface area contributed by atoms with Gasteiger partial charge in [0.15, 0.2) is 0 Å². The van der Waals surface area contributed by atoms with Gasteiger partial charge in [-0.05, 0) is 42.0 Å². The van der Waals surface area contributed by atoms with E-state index in [1.807, 2.05) is 0 Å². The van der Waals surface area contributed by atoms with E-state index in [4.69, 9.17) is 0 Å². The predicted molar refractivity (Wildman–Crippen MR) is 107 cm³/mol. The van der Waals surface area contributed by atoms with Crippen LogP contribution in [0.25, 0.3) is 17.1 Å². The standard InChI is InChI=1S/C20H20N4O3/c1-13(25)21-15-7-4-14(5-8-15)6-11-19(26)22-16-9-10-17-18(12-16)24(3)20(27)23(17)2/h4-12H,1-3H3,(H,21,25)(H,22,26)/b11-6+. The van der Waals surface area contributed by atoms with Crippen LogP contribution in [-0.2, 0) is 23.7 Å². The van der Waals surface area contributed by atoms with Crippen molar-refractivity contribution in [2.45, 2.75) is 6.92 Å². The minimum absolute atomic E-state index is 0.115. The zero-order chi connectivity index (χ0) is 19.6. The molecule has 2 amide bonds. The Morgan fingerprint density at radius 2 is 1.52 bits per heavy atom. The zero-order valence-electron chi connectivity index (χ0n) is 15.3. The van der Waals surface area contributed by atoms with Crippen LogP contribution in [0.5, 0.6) is 0 Å². The number of aryl methyl sites for hydroxylation is 2. The Morgan fingerprint density at radius 1 is 0.889 bits per heavy atom. The fraction of sp³-hybridized carbons (Fsp3) is 0.150. The topological polar surface area (TPSA) is 85.1 Å². The van der Waals surface area contributed by atoms with Gasteiger partial charge in [0.25, 0.3) is 0 Å². The van der Waals surface area contributed by atoms with Crippen LogP contribution in [0.4, 0.5) is 11.4 Å². The van der Waals surface area contributed by atoms with Gasteiger partial charge >= 0.3 is 5.69 Å². The molecule has 1 heterocycles. The lowest BCUT2D eigenvalue weighted by Gasteiger charge is -2.04. The molecular weight excluding hydrogens is 344 g/mol. The van der Waals surface area contributed by atoms with E-state index < -0.39 is 0 Å². The Morgan fingerprint density at radius 3 is 2.19 bits per heavy atom. The molecule has 7 nitrogen and oxygen atoms in total. The first kappa shape index (κ1) is 18.2. The summed E-state index contributed by atoms with van der Waals surface area (Å²) in [4.78, 5) is 35.1. The van der Waals surface area contributed by atoms with E-state index >= 15 is 0 Å². The first-order chi connectivity index (χ1) is 12.8. The highest BCUT2D eigenvalue weighted by Crippen LogP contribution is 2.18. The molecule has 0 bridgehead atoms. The van der Waals surface area contributed by atoms with Crippen LogP contribution >= 0.6 is 0 Å². The molecule has 0 saturated carbocycles. The number of fused-ring (bicyclic) bond motifs is 1. The zero-order valence-corrected chi connectivity index (χ0v) is 15.3. The van der Waals surface area contributed by atoms with Gasteiger partial charge in [-0.3, -0.25) is 18.7 Å². The number of nitrogens with one attached hydrogen (secondary N) is 2. The monoisotopic (exact) mass is 364 g/mol. The number of hydrogen-bond donors (Lipinski definition) is 2. The minimum atomic E-state index is -0.277. The molecule has 0 saturated heterocycles. The average Bonchev–Trinajstić information content (AvgIpc) is 2.85. The Balaban J connectivity index is 1.71. The van der Waals surface area contributed by atoms with Crippen LogP contribution in [0.3, 0.4) is 0 Å². The molecule has 3 rings (SSSR count). The van der Waals surface area contributed by atoms with Gasteiger partial charge in [-0.1, -0.05) is 12.1 Å². The molecule has 0 unspecified atom stereocenters. The Bertz CT molecular complexity index is 1100. The quantitative estimate of drug-likeness (QED) is 0.698. The predicted octanol–water partition coefficient (Wildman–Crippen LogP) is 2.49. The molecule has 0 radical (unpaired) electrons. The van der Waals surface area contributed by atoms with Gasteiger partial charge in [0, 0.05) is 38.5 Å². The van der Waals surface area contributed by atoms with E-state index in [0.29, 0.717) is 11.4 Å². The van der Waals surface area contributed by atoms with Gasteiger partial charge in [-0.25, -0.2) is 4.79 Å². The number of carbonyl (C=O) groups excluding carboxylic acids is 2. The Kier molecular flexibility index (Phi) is 4.94. The van der Waals surface area contributed by atoms with Gasteiger partial charge in [0.2, 0.25) is 11.8 Å². The van der Waals surface area contributed by atoms with E-state index in [9.17, 15) is 14.4 Å². The third-order valence-corrected chi connectivity index (χ3v) is 4.20. The molecule has 7 heteroatoms. The SMILES string of the molecule is CC(=O)Nc1ccc(/C=C/C(=O)Nc2ccc3c(c2)n(C)c(=O)n3C)cc1. The first-order valence-electron chi connectivity index (χ1n) is 8.37. The molecule has 0 aliphatic rings. The second-order valence-corrected chi connectivity index (χ2v) is 6.23. The van der Waals surface area contributed by atoms with Crippen LogP contribution in [0.2, 0.25) is 0 Å². The number of rotatable bonds is 4. The summed E-state index contributed by atoms with van der Waals surface area (Å²) in [7, 11) is 3.41. The number of hydrogen-bond acceptors (Lipinski definition) is 3. The molecule has 138 valence electrons. The molecular formula is C20H20N4O3. The summed E-state index contributed by atoms with van der Waals surface area (Å²) in [6.07, 6.45) is 3.12. The Labute approximate surface area is 155 Å². The molecule has 3 aromatic rings. The molecule has 27 heavy (non-hydrogen) atoms. The summed E-state index contributed by atoms with van der Waals surface area (Å²) < 4.78 is 3.10. The van der Waals surface area contributed by atoms with Gasteiger partial charge in [0.1, 0.15) is 0 Å². The van der Waals surface area contributed by atoms with Crippen molar-refractivity contribution in [3.05, 3.63) is 64.6 Å². The molecule has 0 aliphatic heterocycles. The number of nitrogens with zero attached hydrogens (tertiary/aromatic N) is 2. The van der Waals surface area contributed by atoms with Crippen LogP contribution in [-0.4, -0.2) is 20.9 Å². The van der Waals surface area contributed by atoms with E-state index in [2.05, 4.69) is 10.6 Å². The second-order valence-electron chi connectivity index (χ2n) is 6.23. The normalized spacial score (nSPS) is 11.1. The van der Waals surface area contributed by atoms with Gasteiger partial charge in [-0.15, -0.1) is 0 Å². The first-order valence-corrected chi connectivity index (χ1v) is 8.37. The summed E-state index contributed by atoms with van der Waals surface area (Å²) in [5.74, 6) is -0.410. The molecule has 0 fully saturated rings. The lowest BCUT2D eigenvalue weighted by atomic mass is 10.2. The van der Waals surface area contributed by atoms with E-state index in [1.54, 1.807) is 67.2 Å². The van der Waals surface area contributed by atoms with E-state index in [-0.39, 0.29) is 17.5 Å². The minimum Gasteiger partial charge on any atom is -0.326 e. The van der Waals surface area contributed by atoms with Crippen LogP contribution in [0.15, 0.2) is 53.3 Å². The van der Waals surface area contributed by atoms with Crippen molar-refractivity contribution in [3.8, 4) is 0 Å². The molecule has 0 atom stereocenters. The number of amides is 2. The second kappa shape index (κ2) is 7.33. The van der Waals surface area contributed by atoms with Crippen molar-refractivity contribution in [3.63, 3.8) is 0 Å². The number of carbonyl (C=O) groups is 2. The van der Waals surface area contributed by atoms with Crippen LogP contribution in [0, 0.1) is 0 Å². The highest BCUT2D eigenvalue weighted by atomic mass is 16.2. The van der Waals surface area contributed by atoms with Crippen molar-refractivity contribution in [1.82, 2.24) is 9.13 Å². The summed E-state index contributed by atoms with van der Waals surface area (Å²) in [5.41, 5.74) is 3.58. The highest BCUT2D eigenvalue weighted by molar-refractivity contribution is 6.02. The summed E-state index contributed by atoms with van der Waals surface area (Å²) in [6.45, 7) is 1.45. The number of anilines is 2. The van der Waals surface area contributed by atoms with Crippen LogP contribution < -0.4 is 16.3 Å². The van der Waals surface area contributed by atoms with Crippen molar-refractivity contribution in [1.29, 1.82) is 0 Å². The lowest BCUT2D eigenvalue weighted by molar-refractivity contribution is -0.114. The van der Waals surface area contributed by atoms with E-state index in [0.717, 1.165) is 16.6 Å². The van der Waals surface area contributed by atoms with Crippen LogP contribution in [0.1, 0.15) is 12.5 Å². The smallest absolute Gasteiger partial charge is 0.326 e. The molecule has 1 aromatic heterocycles. The molecule has 0 aliphatic carbocycles. The van der Waals surface area contributed by atoms with Gasteiger partial charge in [0.05, 0.1) is 11.0 Å². The summed E-state index contributed by atoms with van der Waals surface area (Å²) in [5, 5.41) is 5.48. The van der Waals surface area contributed by atoms with Crippen molar-refractivity contribution >= 4 is 40.3 Å². The Hall–Kier alpha value is -3.61. The molecule has 2 N–H and O–H groups in total. The largest absolute Gasteiger partial charge is 0.328 e. The number of benzene rings is 2. The van der Waals surface area contributed by atoms with Gasteiger partial charge < -0.3 is 10.6 Å². The van der Waals surface area contributed by atoms with Crippen molar-refractivity contribution in [2.24, 2.45) is 14.1 Å².